The third-order valence-electron chi connectivity index (χ3n) is 10.9. The van der Waals surface area contributed by atoms with E-state index in [1.54, 1.807) is 6.92 Å². The van der Waals surface area contributed by atoms with E-state index in [0.717, 1.165) is 43.4 Å². The minimum absolute atomic E-state index is 0.135. The molecule has 0 aromatic heterocycles. The number of carbonyl (C=O) groups excluding carboxylic acids is 2. The van der Waals surface area contributed by atoms with E-state index >= 15 is 0 Å². The van der Waals surface area contributed by atoms with Crippen LogP contribution in [0.1, 0.15) is 98.3 Å². The Kier molecular flexibility index (Phi) is 7.29. The van der Waals surface area contributed by atoms with Crippen LogP contribution < -0.4 is 5.32 Å². The summed E-state index contributed by atoms with van der Waals surface area (Å²) in [5, 5.41) is 2.72. The number of carbonyl (C=O) groups is 2. The van der Waals surface area contributed by atoms with Gasteiger partial charge in [0.2, 0.25) is 5.91 Å². The number of fused-ring (bicyclic) bond motifs is 5. The van der Waals surface area contributed by atoms with Gasteiger partial charge in [0.05, 0.1) is 5.75 Å². The molecule has 0 spiro atoms. The van der Waals surface area contributed by atoms with Crippen LogP contribution in [0.5, 0.6) is 0 Å². The molecule has 4 aliphatic carbocycles. The Morgan fingerprint density at radius 3 is 2.47 bits per heavy atom. The maximum Gasteiger partial charge on any atom is 0.266 e. The van der Waals surface area contributed by atoms with Gasteiger partial charge in [-0.15, -0.1) is 0 Å². The van der Waals surface area contributed by atoms with Crippen molar-refractivity contribution in [3.8, 4) is 0 Å². The molecule has 0 aromatic carbocycles. The van der Waals surface area contributed by atoms with Gasteiger partial charge in [-0.3, -0.25) is 14.1 Å². The Morgan fingerprint density at radius 1 is 1.06 bits per heavy atom. The van der Waals surface area contributed by atoms with E-state index in [1.165, 1.54) is 38.5 Å². The SMILES string of the molecule is C[C@H](CS(=O)(=O)O)NC(=O)CC[C@@H](C)[C@H]1CC[C@H]2[C@@H]3CC[C@@H]4CC(=O)CC[C@]4(C)[C@H]3CC[C@]12C. The normalized spacial score (nSPS) is 41.7. The smallest absolute Gasteiger partial charge is 0.266 e. The largest absolute Gasteiger partial charge is 0.353 e. The van der Waals surface area contributed by atoms with E-state index in [-0.39, 0.29) is 5.91 Å². The molecular weight excluding hydrogens is 450 g/mol. The van der Waals surface area contributed by atoms with Crippen LogP contribution >= 0.6 is 0 Å². The Balaban J connectivity index is 1.36. The Morgan fingerprint density at radius 2 is 1.76 bits per heavy atom. The van der Waals surface area contributed by atoms with Crippen LogP contribution in [0.25, 0.3) is 0 Å². The van der Waals surface area contributed by atoms with E-state index in [4.69, 9.17) is 4.55 Å². The zero-order chi connectivity index (χ0) is 24.9. The van der Waals surface area contributed by atoms with Gasteiger partial charge in [-0.1, -0.05) is 20.8 Å². The fourth-order valence-corrected chi connectivity index (χ4v) is 10.0. The monoisotopic (exact) mass is 495 g/mol. The van der Waals surface area contributed by atoms with Crippen LogP contribution in [0.3, 0.4) is 0 Å². The first-order chi connectivity index (χ1) is 15.8. The van der Waals surface area contributed by atoms with Gasteiger partial charge >= 0.3 is 0 Å². The summed E-state index contributed by atoms with van der Waals surface area (Å²) in [6.45, 7) is 8.92. The summed E-state index contributed by atoms with van der Waals surface area (Å²) < 4.78 is 31.0. The van der Waals surface area contributed by atoms with E-state index in [0.29, 0.717) is 40.8 Å². The van der Waals surface area contributed by atoms with E-state index in [1.807, 2.05) is 0 Å². The van der Waals surface area contributed by atoms with Gasteiger partial charge in [0.1, 0.15) is 5.78 Å². The molecule has 0 saturated heterocycles. The van der Waals surface area contributed by atoms with Crippen molar-refractivity contribution in [1.82, 2.24) is 5.32 Å². The molecule has 0 aromatic rings. The number of hydrogen-bond acceptors (Lipinski definition) is 4. The van der Waals surface area contributed by atoms with Gasteiger partial charge in [0.25, 0.3) is 10.1 Å². The molecule has 1 amide bonds. The third kappa shape index (κ3) is 4.98. The van der Waals surface area contributed by atoms with Crippen molar-refractivity contribution in [1.29, 1.82) is 0 Å². The molecule has 0 heterocycles. The highest BCUT2D eigenvalue weighted by atomic mass is 32.2. The second-order valence-electron chi connectivity index (χ2n) is 12.9. The lowest BCUT2D eigenvalue weighted by molar-refractivity contribution is -0.140. The van der Waals surface area contributed by atoms with Crippen LogP contribution in [0.15, 0.2) is 0 Å². The molecule has 4 rings (SSSR count). The van der Waals surface area contributed by atoms with Crippen LogP contribution in [0, 0.1) is 46.3 Å². The predicted molar refractivity (Wildman–Crippen MR) is 133 cm³/mol. The number of amides is 1. The topological polar surface area (TPSA) is 101 Å². The Labute approximate surface area is 206 Å². The molecule has 194 valence electrons. The number of Topliss-reactive ketones (excluding diaryl/α,β-unsaturated/α-hetero) is 1. The molecule has 6 nitrogen and oxygen atoms in total. The minimum Gasteiger partial charge on any atom is -0.353 e. The van der Waals surface area contributed by atoms with Crippen LogP contribution in [0.4, 0.5) is 0 Å². The van der Waals surface area contributed by atoms with Gasteiger partial charge in [-0.2, -0.15) is 8.42 Å². The van der Waals surface area contributed by atoms with Crippen LogP contribution in [0.2, 0.25) is 0 Å². The maximum atomic E-state index is 12.4. The summed E-state index contributed by atoms with van der Waals surface area (Å²) >= 11 is 0. The first kappa shape index (κ1) is 26.1. The van der Waals surface area contributed by atoms with Crippen molar-refractivity contribution in [2.75, 3.05) is 5.75 Å². The molecule has 0 bridgehead atoms. The fraction of sp³-hybridized carbons (Fsp3) is 0.926. The lowest BCUT2D eigenvalue weighted by atomic mass is 9.44. The predicted octanol–water partition coefficient (Wildman–Crippen LogP) is 5.02. The number of ketones is 1. The van der Waals surface area contributed by atoms with Gasteiger partial charge in [-0.25, -0.2) is 0 Å². The zero-order valence-electron chi connectivity index (χ0n) is 21.5. The van der Waals surface area contributed by atoms with Gasteiger partial charge in [-0.05, 0) is 105 Å². The van der Waals surface area contributed by atoms with E-state index < -0.39 is 21.9 Å². The summed E-state index contributed by atoms with van der Waals surface area (Å²) in [7, 11) is -4.09. The van der Waals surface area contributed by atoms with Crippen LogP contribution in [-0.2, 0) is 19.7 Å². The molecular formula is C27H45NO5S. The second-order valence-corrected chi connectivity index (χ2v) is 14.4. The Bertz CT molecular complexity index is 903. The van der Waals surface area contributed by atoms with E-state index in [9.17, 15) is 18.0 Å². The standard InChI is InChI=1S/C27H45NO5S/c1-17(5-10-25(30)28-18(2)16-34(31,32)33)22-8-9-23-21-7-6-19-15-20(29)11-13-26(19,3)24(21)12-14-27(22,23)4/h17-19,21-24H,5-16H2,1-4H3,(H,28,30)(H,31,32,33)/t17-,18-,19-,21+,22-,23+,24+,26+,27-/m1/s1. The average Bonchev–Trinajstić information content (AvgIpc) is 3.08. The summed E-state index contributed by atoms with van der Waals surface area (Å²) in [4.78, 5) is 24.5. The molecule has 4 saturated carbocycles. The lowest BCUT2D eigenvalue weighted by Crippen LogP contribution is -2.53. The minimum atomic E-state index is -4.09. The molecule has 4 fully saturated rings. The van der Waals surface area contributed by atoms with Crippen molar-refractivity contribution in [2.24, 2.45) is 46.3 Å². The molecule has 9 atom stereocenters. The summed E-state index contributed by atoms with van der Waals surface area (Å²) in [6.07, 6.45) is 11.5. The zero-order valence-corrected chi connectivity index (χ0v) is 22.3. The maximum absolute atomic E-state index is 12.4. The summed E-state index contributed by atoms with van der Waals surface area (Å²) in [5.74, 6) is 3.88. The van der Waals surface area contributed by atoms with Crippen molar-refractivity contribution in [3.63, 3.8) is 0 Å². The third-order valence-corrected chi connectivity index (χ3v) is 11.9. The van der Waals surface area contributed by atoms with Crippen LogP contribution in [-0.4, -0.2) is 36.5 Å². The van der Waals surface area contributed by atoms with Gasteiger partial charge in [0, 0.05) is 25.3 Å². The lowest BCUT2D eigenvalue weighted by Gasteiger charge is -2.60. The fourth-order valence-electron chi connectivity index (χ4n) is 9.29. The molecule has 0 unspecified atom stereocenters. The Hall–Kier alpha value is -0.950. The number of hydrogen-bond donors (Lipinski definition) is 2. The molecule has 4 aliphatic rings. The van der Waals surface area contributed by atoms with Crippen molar-refractivity contribution in [2.45, 2.75) is 104 Å². The molecule has 2 N–H and O–H groups in total. The highest BCUT2D eigenvalue weighted by Crippen LogP contribution is 2.68. The van der Waals surface area contributed by atoms with Gasteiger partial charge < -0.3 is 5.32 Å². The van der Waals surface area contributed by atoms with Crippen molar-refractivity contribution in [3.05, 3.63) is 0 Å². The summed E-state index contributed by atoms with van der Waals surface area (Å²) in [5.41, 5.74) is 0.682. The van der Waals surface area contributed by atoms with Crippen molar-refractivity contribution < 1.29 is 22.6 Å². The van der Waals surface area contributed by atoms with E-state index in [2.05, 4.69) is 26.1 Å². The first-order valence-corrected chi connectivity index (χ1v) is 15.2. The highest BCUT2D eigenvalue weighted by Gasteiger charge is 2.60. The highest BCUT2D eigenvalue weighted by molar-refractivity contribution is 7.85. The molecule has 34 heavy (non-hydrogen) atoms. The molecule has 0 radical (unpaired) electrons. The quantitative estimate of drug-likeness (QED) is 0.483. The summed E-state index contributed by atoms with van der Waals surface area (Å²) in [6, 6.07) is -0.590. The molecule has 7 heteroatoms. The molecule has 0 aliphatic heterocycles. The van der Waals surface area contributed by atoms with Crippen molar-refractivity contribution >= 4 is 21.8 Å². The van der Waals surface area contributed by atoms with Gasteiger partial charge in [0.15, 0.2) is 0 Å². The number of rotatable bonds is 7. The number of nitrogens with one attached hydrogen (secondary N) is 1. The average molecular weight is 496 g/mol. The second kappa shape index (κ2) is 9.49. The first-order valence-electron chi connectivity index (χ1n) is 13.6.